The summed E-state index contributed by atoms with van der Waals surface area (Å²) in [6, 6.07) is 7.30. The molecule has 1 heterocycles. The number of esters is 1. The van der Waals surface area contributed by atoms with E-state index in [9.17, 15) is 9.35 Å². The van der Waals surface area contributed by atoms with Gasteiger partial charge in [0.1, 0.15) is 23.8 Å². The minimum atomic E-state index is -1.06. The molecule has 2 rings (SSSR count). The van der Waals surface area contributed by atoms with Crippen LogP contribution in [-0.2, 0) is 27.3 Å². The Labute approximate surface area is 144 Å². The number of carbonyl (C=O) groups excluding carboxylic acids is 1. The lowest BCUT2D eigenvalue weighted by atomic mass is 10.2. The molecule has 5 nitrogen and oxygen atoms in total. The van der Waals surface area contributed by atoms with Crippen molar-refractivity contribution in [2.24, 2.45) is 0 Å². The first kappa shape index (κ1) is 18.0. The number of likely N-dealkylation sites (N-methyl/N-ethyl adjacent to an activating group) is 1. The van der Waals surface area contributed by atoms with Gasteiger partial charge < -0.3 is 18.9 Å². The summed E-state index contributed by atoms with van der Waals surface area (Å²) in [4.78, 5) is 14.1. The summed E-state index contributed by atoms with van der Waals surface area (Å²) in [6.07, 6.45) is 0. The highest BCUT2D eigenvalue weighted by atomic mass is 35.5. The maximum absolute atomic E-state index is 12.4. The fourth-order valence-electron chi connectivity index (χ4n) is 2.30. The van der Waals surface area contributed by atoms with Crippen LogP contribution >= 0.6 is 11.6 Å². The lowest BCUT2D eigenvalue weighted by Crippen LogP contribution is -2.45. The minimum Gasteiger partial charge on any atom is -0.614 e. The van der Waals surface area contributed by atoms with Crippen molar-refractivity contribution in [1.29, 1.82) is 0 Å². The molecule has 0 saturated heterocycles. The average Bonchev–Trinajstić information content (AvgIpc) is 2.57. The molecule has 1 unspecified atom stereocenters. The van der Waals surface area contributed by atoms with Gasteiger partial charge in [-0.1, -0.05) is 12.1 Å². The van der Waals surface area contributed by atoms with Gasteiger partial charge in [-0.3, -0.25) is 0 Å². The van der Waals surface area contributed by atoms with E-state index in [1.54, 1.807) is 19.1 Å². The predicted octanol–water partition coefficient (Wildman–Crippen LogP) is 2.27. The first-order valence-electron chi connectivity index (χ1n) is 7.16. The van der Waals surface area contributed by atoms with Crippen molar-refractivity contribution < 1.29 is 18.8 Å². The van der Waals surface area contributed by atoms with E-state index in [0.29, 0.717) is 17.0 Å². The van der Waals surface area contributed by atoms with E-state index in [1.807, 2.05) is 31.2 Å². The third-order valence-corrected chi connectivity index (χ3v) is 5.85. The van der Waals surface area contributed by atoms with E-state index in [1.165, 1.54) is 0 Å². The summed E-state index contributed by atoms with van der Waals surface area (Å²) in [5.74, 6) is 0.774. The van der Waals surface area contributed by atoms with Gasteiger partial charge in [-0.05, 0) is 28.9 Å². The first-order chi connectivity index (χ1) is 11.0. The lowest BCUT2D eigenvalue weighted by Gasteiger charge is -2.35. The van der Waals surface area contributed by atoms with Crippen LogP contribution in [0, 0.1) is 0 Å². The van der Waals surface area contributed by atoms with Crippen LogP contribution < -0.4 is 4.74 Å². The van der Waals surface area contributed by atoms with Crippen LogP contribution in [0.5, 0.6) is 5.75 Å². The smallest absolute Gasteiger partial charge is 0.355 e. The number of rotatable bonds is 5. The van der Waals surface area contributed by atoms with Crippen molar-refractivity contribution in [3.63, 3.8) is 0 Å². The zero-order valence-corrected chi connectivity index (χ0v) is 14.9. The van der Waals surface area contributed by atoms with Crippen LogP contribution in [-0.4, -0.2) is 46.6 Å². The maximum Gasteiger partial charge on any atom is 0.355 e. The molecule has 1 aliphatic heterocycles. The van der Waals surface area contributed by atoms with Gasteiger partial charge in [0.15, 0.2) is 5.37 Å². The van der Waals surface area contributed by atoms with Gasteiger partial charge in [0.05, 0.1) is 13.0 Å². The molecule has 0 saturated carbocycles. The van der Waals surface area contributed by atoms with Crippen LogP contribution in [0.2, 0.25) is 0 Å². The molecule has 126 valence electrons. The largest absolute Gasteiger partial charge is 0.614 e. The van der Waals surface area contributed by atoms with E-state index >= 15 is 0 Å². The molecule has 0 radical (unpaired) electrons. The second-order valence-electron chi connectivity index (χ2n) is 5.25. The molecule has 0 spiro atoms. The number of halogens is 1. The number of ether oxygens (including phenoxy) is 2. The summed E-state index contributed by atoms with van der Waals surface area (Å²) >= 11 is 4.84. The Morgan fingerprint density at radius 2 is 2.09 bits per heavy atom. The van der Waals surface area contributed by atoms with Crippen LogP contribution in [0.3, 0.4) is 0 Å². The third kappa shape index (κ3) is 4.13. The highest BCUT2D eigenvalue weighted by molar-refractivity contribution is 7.92. The van der Waals surface area contributed by atoms with E-state index in [0.717, 1.165) is 11.3 Å². The van der Waals surface area contributed by atoms with Gasteiger partial charge in [0.25, 0.3) is 0 Å². The number of nitrogens with zero attached hydrogens (tertiary/aromatic N) is 1. The fourth-order valence-corrected chi connectivity index (χ4v) is 3.91. The highest BCUT2D eigenvalue weighted by Crippen LogP contribution is 2.26. The first-order valence-corrected chi connectivity index (χ1v) is 9.07. The van der Waals surface area contributed by atoms with E-state index in [2.05, 4.69) is 0 Å². The van der Waals surface area contributed by atoms with Crippen LogP contribution in [0.25, 0.3) is 0 Å². The molecule has 0 bridgehead atoms. The summed E-state index contributed by atoms with van der Waals surface area (Å²) in [5.41, 5.74) is 1.94. The van der Waals surface area contributed by atoms with Crippen molar-refractivity contribution in [2.45, 2.75) is 18.9 Å². The van der Waals surface area contributed by atoms with Gasteiger partial charge in [-0.2, -0.15) is 0 Å². The normalized spacial score (nSPS) is 21.3. The van der Waals surface area contributed by atoms with Crippen molar-refractivity contribution in [3.8, 4) is 5.75 Å². The standard InChI is InChI=1S/C16H20ClNO4S/c1-11-18(2)15(13(8-17)10-23(11)20)16(19)22-9-12-4-6-14(21-3)7-5-12/h4-7,11H,8-10H2,1-3H3/t11?,23-/m0/s1. The molecule has 7 heteroatoms. The summed E-state index contributed by atoms with van der Waals surface area (Å²) < 4.78 is 22.5. The Hall–Kier alpha value is -1.37. The van der Waals surface area contributed by atoms with Crippen LogP contribution in [0.1, 0.15) is 12.5 Å². The fraction of sp³-hybridized carbons (Fsp3) is 0.438. The summed E-state index contributed by atoms with van der Waals surface area (Å²) in [7, 11) is 3.33. The Bertz CT molecular complexity index is 590. The maximum atomic E-state index is 12.4. The van der Waals surface area contributed by atoms with Gasteiger partial charge in [-0.15, -0.1) is 11.6 Å². The minimum absolute atomic E-state index is 0.160. The quantitative estimate of drug-likeness (QED) is 0.459. The summed E-state index contributed by atoms with van der Waals surface area (Å²) in [6.45, 7) is 1.98. The zero-order valence-electron chi connectivity index (χ0n) is 13.4. The van der Waals surface area contributed by atoms with Crippen molar-refractivity contribution in [2.75, 3.05) is 25.8 Å². The van der Waals surface area contributed by atoms with Gasteiger partial charge >= 0.3 is 5.97 Å². The van der Waals surface area contributed by atoms with Gasteiger partial charge in [0.2, 0.25) is 0 Å². The van der Waals surface area contributed by atoms with Crippen molar-refractivity contribution >= 4 is 28.7 Å². The molecule has 0 N–H and O–H groups in total. The summed E-state index contributed by atoms with van der Waals surface area (Å²) in [5, 5.41) is -0.245. The molecule has 2 atom stereocenters. The van der Waals surface area contributed by atoms with Crippen molar-refractivity contribution in [3.05, 3.63) is 41.1 Å². The van der Waals surface area contributed by atoms with E-state index in [-0.39, 0.29) is 17.9 Å². The lowest BCUT2D eigenvalue weighted by molar-refractivity contribution is -0.142. The molecule has 1 aliphatic rings. The second kappa shape index (κ2) is 7.95. The molecule has 0 fully saturated rings. The third-order valence-electron chi connectivity index (χ3n) is 3.81. The number of methoxy groups -OCH3 is 1. The van der Waals surface area contributed by atoms with E-state index < -0.39 is 17.1 Å². The molecular formula is C16H20ClNO4S. The number of alkyl halides is 1. The Kier molecular flexibility index (Phi) is 6.21. The SMILES string of the molecule is COc1ccc(COC(=O)C2=C(CCl)C[S@+]([O-])C(C)N2C)cc1. The molecule has 0 aromatic heterocycles. The van der Waals surface area contributed by atoms with E-state index in [4.69, 9.17) is 21.1 Å². The number of carbonyl (C=O) groups is 1. The molecule has 0 amide bonds. The Morgan fingerprint density at radius 3 is 2.65 bits per heavy atom. The molecule has 23 heavy (non-hydrogen) atoms. The highest BCUT2D eigenvalue weighted by Gasteiger charge is 2.36. The van der Waals surface area contributed by atoms with Crippen LogP contribution in [0.4, 0.5) is 0 Å². The number of hydrogen-bond donors (Lipinski definition) is 0. The number of benzene rings is 1. The molecule has 1 aromatic carbocycles. The van der Waals surface area contributed by atoms with Gasteiger partial charge in [0, 0.05) is 19.5 Å². The van der Waals surface area contributed by atoms with Crippen molar-refractivity contribution in [1.82, 2.24) is 4.90 Å². The Balaban J connectivity index is 2.08. The van der Waals surface area contributed by atoms with Gasteiger partial charge in [-0.25, -0.2) is 4.79 Å². The second-order valence-corrected chi connectivity index (χ2v) is 7.24. The monoisotopic (exact) mass is 357 g/mol. The molecule has 0 aliphatic carbocycles. The van der Waals surface area contributed by atoms with Crippen LogP contribution in [0.15, 0.2) is 35.5 Å². The Morgan fingerprint density at radius 1 is 1.43 bits per heavy atom. The number of hydrogen-bond acceptors (Lipinski definition) is 5. The zero-order chi connectivity index (χ0) is 17.0. The topological polar surface area (TPSA) is 61.8 Å². The predicted molar refractivity (Wildman–Crippen MR) is 90.8 cm³/mol. The molecular weight excluding hydrogens is 338 g/mol. The average molecular weight is 358 g/mol. The molecule has 1 aromatic rings.